The fraction of sp³-hybridized carbons (Fsp3) is 0.560. The summed E-state index contributed by atoms with van der Waals surface area (Å²) in [5.41, 5.74) is 6.96. The Balaban J connectivity index is 1.69. The number of hydrogen-bond acceptors (Lipinski definition) is 5. The van der Waals surface area contributed by atoms with Crippen LogP contribution in [-0.4, -0.2) is 36.1 Å². The third-order valence-electron chi connectivity index (χ3n) is 7.45. The van der Waals surface area contributed by atoms with E-state index < -0.39 is 35.3 Å². The average Bonchev–Trinajstić information content (AvgIpc) is 3.19. The zero-order valence-corrected chi connectivity index (χ0v) is 20.2. The molecule has 1 saturated heterocycles. The number of thiazole rings is 1. The van der Waals surface area contributed by atoms with E-state index >= 15 is 0 Å². The van der Waals surface area contributed by atoms with E-state index in [0.29, 0.717) is 25.2 Å². The lowest BCUT2D eigenvalue weighted by atomic mass is 9.58. The number of aryl methyl sites for hydroxylation is 1. The van der Waals surface area contributed by atoms with Crippen LogP contribution in [0.4, 0.5) is 18.9 Å². The van der Waals surface area contributed by atoms with Crippen molar-refractivity contribution in [2.45, 2.75) is 64.0 Å². The van der Waals surface area contributed by atoms with Crippen LogP contribution < -0.4 is 10.6 Å². The monoisotopic (exact) mass is 490 g/mol. The summed E-state index contributed by atoms with van der Waals surface area (Å²) in [4.78, 5) is 20.3. The highest BCUT2D eigenvalue weighted by Gasteiger charge is 2.54. The van der Waals surface area contributed by atoms with Crippen LogP contribution in [0.15, 0.2) is 24.3 Å². The standard InChI is InChI=1S/C25H29F3N4OS/c1-15(14-29)25(23(30)33)13-18(26)5-8-20(25)21-22(34-16(2)31-21)17-3-6-19(7-4-17)32-11-9-24(27,28)10-12-32/h3-4,6-7,15,18,20H,5,8-13H2,1-2H3,(H2,30,33)/t15-,18?,20?,25?/m1/s1. The zero-order valence-electron chi connectivity index (χ0n) is 19.4. The number of benzene rings is 1. The molecule has 182 valence electrons. The number of nitrogens with two attached hydrogens (primary N) is 1. The summed E-state index contributed by atoms with van der Waals surface area (Å²) in [5, 5.41) is 10.5. The molecular weight excluding hydrogens is 461 g/mol. The van der Waals surface area contributed by atoms with E-state index in [1.54, 1.807) is 6.92 Å². The Morgan fingerprint density at radius 3 is 2.50 bits per heavy atom. The molecule has 1 aliphatic carbocycles. The summed E-state index contributed by atoms with van der Waals surface area (Å²) in [6.07, 6.45) is -0.930. The highest BCUT2D eigenvalue weighted by Crippen LogP contribution is 2.54. The molecule has 1 amide bonds. The van der Waals surface area contributed by atoms with Crippen molar-refractivity contribution in [2.24, 2.45) is 17.1 Å². The molecule has 2 aliphatic rings. The smallest absolute Gasteiger partial charge is 0.251 e. The second kappa shape index (κ2) is 9.21. The minimum atomic E-state index is -2.60. The van der Waals surface area contributed by atoms with E-state index in [-0.39, 0.29) is 25.7 Å². The highest BCUT2D eigenvalue weighted by molar-refractivity contribution is 7.15. The number of carbonyl (C=O) groups excluding carboxylic acids is 1. The number of carbonyl (C=O) groups is 1. The van der Waals surface area contributed by atoms with Crippen LogP contribution in [0.2, 0.25) is 0 Å². The van der Waals surface area contributed by atoms with Crippen molar-refractivity contribution in [3.63, 3.8) is 0 Å². The number of alkyl halides is 3. The second-order valence-electron chi connectivity index (χ2n) is 9.52. The van der Waals surface area contributed by atoms with Crippen molar-refractivity contribution < 1.29 is 18.0 Å². The molecule has 34 heavy (non-hydrogen) atoms. The SMILES string of the molecule is Cc1nc(C2CCC(F)CC2(C(N)=O)[C@H](C)C#N)c(-c2ccc(N3CCC(F)(F)CC3)cc2)s1. The van der Waals surface area contributed by atoms with Gasteiger partial charge in [-0.25, -0.2) is 18.2 Å². The van der Waals surface area contributed by atoms with E-state index in [1.807, 2.05) is 36.1 Å². The number of piperidine rings is 1. The third kappa shape index (κ3) is 4.40. The minimum Gasteiger partial charge on any atom is -0.371 e. The number of primary amides is 1. The molecule has 2 aromatic rings. The van der Waals surface area contributed by atoms with Crippen molar-refractivity contribution in [2.75, 3.05) is 18.0 Å². The highest BCUT2D eigenvalue weighted by atomic mass is 32.1. The van der Waals surface area contributed by atoms with Gasteiger partial charge < -0.3 is 10.6 Å². The van der Waals surface area contributed by atoms with Crippen molar-refractivity contribution in [1.82, 2.24) is 4.98 Å². The largest absolute Gasteiger partial charge is 0.371 e. The van der Waals surface area contributed by atoms with Crippen LogP contribution in [-0.2, 0) is 4.79 Å². The number of nitrogens with zero attached hydrogens (tertiary/aromatic N) is 3. The first-order valence-electron chi connectivity index (χ1n) is 11.6. The van der Waals surface area contributed by atoms with Gasteiger partial charge in [-0.05, 0) is 50.8 Å². The number of rotatable bonds is 5. The Kier molecular flexibility index (Phi) is 6.65. The number of halogens is 3. The van der Waals surface area contributed by atoms with Crippen LogP contribution in [0.3, 0.4) is 0 Å². The quantitative estimate of drug-likeness (QED) is 0.592. The average molecular weight is 491 g/mol. The predicted molar refractivity (Wildman–Crippen MR) is 127 cm³/mol. The van der Waals surface area contributed by atoms with Gasteiger partial charge in [0.15, 0.2) is 0 Å². The Morgan fingerprint density at radius 1 is 1.26 bits per heavy atom. The first-order chi connectivity index (χ1) is 16.1. The van der Waals surface area contributed by atoms with Crippen molar-refractivity contribution in [3.8, 4) is 16.5 Å². The normalized spacial score (nSPS) is 27.7. The van der Waals surface area contributed by atoms with Crippen LogP contribution >= 0.6 is 11.3 Å². The Hall–Kier alpha value is -2.60. The van der Waals surface area contributed by atoms with E-state index in [4.69, 9.17) is 10.7 Å². The first kappa shape index (κ1) is 24.5. The van der Waals surface area contributed by atoms with Gasteiger partial charge in [-0.3, -0.25) is 4.79 Å². The van der Waals surface area contributed by atoms with Crippen molar-refractivity contribution in [1.29, 1.82) is 5.26 Å². The number of aromatic nitrogens is 1. The molecule has 0 radical (unpaired) electrons. The predicted octanol–water partition coefficient (Wildman–Crippen LogP) is 5.59. The van der Waals surface area contributed by atoms with Crippen LogP contribution in [0.25, 0.3) is 10.4 Å². The van der Waals surface area contributed by atoms with Gasteiger partial charge in [0.2, 0.25) is 5.91 Å². The molecule has 1 aliphatic heterocycles. The maximum absolute atomic E-state index is 14.5. The van der Waals surface area contributed by atoms with Crippen LogP contribution in [0.5, 0.6) is 0 Å². The maximum Gasteiger partial charge on any atom is 0.251 e. The molecule has 1 saturated carbocycles. The van der Waals surface area contributed by atoms with Gasteiger partial charge >= 0.3 is 0 Å². The fourth-order valence-electron chi connectivity index (χ4n) is 5.48. The summed E-state index contributed by atoms with van der Waals surface area (Å²) < 4.78 is 41.6. The van der Waals surface area contributed by atoms with E-state index in [0.717, 1.165) is 21.1 Å². The van der Waals surface area contributed by atoms with Gasteiger partial charge in [0, 0.05) is 37.5 Å². The Labute approximate surface area is 201 Å². The molecular formula is C25H29F3N4OS. The number of anilines is 1. The number of hydrogen-bond donors (Lipinski definition) is 1. The van der Waals surface area contributed by atoms with E-state index in [1.165, 1.54) is 11.3 Å². The van der Waals surface area contributed by atoms with Gasteiger partial charge in [-0.1, -0.05) is 12.1 Å². The lowest BCUT2D eigenvalue weighted by molar-refractivity contribution is -0.135. The lowest BCUT2D eigenvalue weighted by Gasteiger charge is -2.44. The maximum atomic E-state index is 14.5. The summed E-state index contributed by atoms with van der Waals surface area (Å²) >= 11 is 1.48. The fourth-order valence-corrected chi connectivity index (χ4v) is 6.46. The molecule has 2 fully saturated rings. The van der Waals surface area contributed by atoms with Crippen molar-refractivity contribution >= 4 is 22.9 Å². The minimum absolute atomic E-state index is 0.0870. The van der Waals surface area contributed by atoms with Gasteiger partial charge in [-0.2, -0.15) is 5.26 Å². The summed E-state index contributed by atoms with van der Waals surface area (Å²) in [5.74, 6) is -4.49. The molecule has 2 heterocycles. The Morgan fingerprint density at radius 2 is 1.91 bits per heavy atom. The molecule has 5 nitrogen and oxygen atoms in total. The van der Waals surface area contributed by atoms with Gasteiger partial charge in [-0.15, -0.1) is 11.3 Å². The molecule has 3 unspecified atom stereocenters. The zero-order chi connectivity index (χ0) is 24.7. The summed E-state index contributed by atoms with van der Waals surface area (Å²) in [6.45, 7) is 4.11. The molecule has 0 spiro atoms. The summed E-state index contributed by atoms with van der Waals surface area (Å²) in [7, 11) is 0. The van der Waals surface area contributed by atoms with Crippen molar-refractivity contribution in [3.05, 3.63) is 35.0 Å². The van der Waals surface area contributed by atoms with Crippen LogP contribution in [0.1, 0.15) is 55.6 Å². The number of amides is 1. The summed E-state index contributed by atoms with van der Waals surface area (Å²) in [6, 6.07) is 9.83. The van der Waals surface area contributed by atoms with Gasteiger partial charge in [0.25, 0.3) is 5.92 Å². The van der Waals surface area contributed by atoms with Crippen LogP contribution in [0, 0.1) is 29.6 Å². The molecule has 1 aromatic carbocycles. The van der Waals surface area contributed by atoms with Gasteiger partial charge in [0.05, 0.1) is 33.0 Å². The van der Waals surface area contributed by atoms with E-state index in [9.17, 15) is 23.2 Å². The van der Waals surface area contributed by atoms with Gasteiger partial charge in [0.1, 0.15) is 6.17 Å². The number of nitriles is 1. The second-order valence-corrected chi connectivity index (χ2v) is 10.7. The molecule has 4 rings (SSSR count). The molecule has 9 heteroatoms. The molecule has 4 atom stereocenters. The third-order valence-corrected chi connectivity index (χ3v) is 8.49. The molecule has 0 bridgehead atoms. The van der Waals surface area contributed by atoms with E-state index in [2.05, 4.69) is 6.07 Å². The Bertz CT molecular complexity index is 1090. The lowest BCUT2D eigenvalue weighted by Crippen LogP contribution is -2.50. The first-order valence-corrected chi connectivity index (χ1v) is 12.4. The topological polar surface area (TPSA) is 83.0 Å². The molecule has 1 aromatic heterocycles. The molecule has 2 N–H and O–H groups in total.